The first kappa shape index (κ1) is 27.9. The molecule has 26 heavy (non-hydrogen) atoms. The molecule has 0 saturated heterocycles. The molecule has 0 aliphatic carbocycles. The molecule has 0 aliphatic heterocycles. The third-order valence-corrected chi connectivity index (χ3v) is 4.87. The van der Waals surface area contributed by atoms with Crippen molar-refractivity contribution in [2.45, 2.75) is 97.9 Å². The van der Waals surface area contributed by atoms with Crippen LogP contribution in [0.25, 0.3) is 0 Å². The molecule has 0 aliphatic rings. The van der Waals surface area contributed by atoms with Crippen LogP contribution in [-0.4, -0.2) is 49.7 Å². The Balaban J connectivity index is 0. The number of unbranched alkanes of at least 4 members (excludes halogenated alkanes) is 9. The van der Waals surface area contributed by atoms with Gasteiger partial charge in [-0.15, -0.1) is 12.4 Å². The molecule has 158 valence electrons. The van der Waals surface area contributed by atoms with E-state index in [1.807, 2.05) is 6.92 Å². The molecule has 0 amide bonds. The van der Waals surface area contributed by atoms with Gasteiger partial charge in [0, 0.05) is 13.1 Å². The summed E-state index contributed by atoms with van der Waals surface area (Å²) in [5.74, 6) is -0.115. The first-order valence-electron chi connectivity index (χ1n) is 10.8. The van der Waals surface area contributed by atoms with Crippen LogP contribution >= 0.6 is 12.4 Å². The zero-order valence-electron chi connectivity index (χ0n) is 17.9. The molecule has 0 fully saturated rings. The zero-order chi connectivity index (χ0) is 18.8. The van der Waals surface area contributed by atoms with Gasteiger partial charge in [0.1, 0.15) is 6.04 Å². The number of rotatable bonds is 18. The lowest BCUT2D eigenvalue weighted by atomic mass is 10.1. The zero-order valence-corrected chi connectivity index (χ0v) is 18.7. The summed E-state index contributed by atoms with van der Waals surface area (Å²) in [7, 11) is 0. The van der Waals surface area contributed by atoms with Crippen LogP contribution in [0.3, 0.4) is 0 Å². The fourth-order valence-corrected chi connectivity index (χ4v) is 2.95. The van der Waals surface area contributed by atoms with E-state index in [4.69, 9.17) is 4.74 Å². The highest BCUT2D eigenvalue weighted by Gasteiger charge is 2.13. The van der Waals surface area contributed by atoms with Crippen molar-refractivity contribution in [2.24, 2.45) is 0 Å². The quantitative estimate of drug-likeness (QED) is 0.257. The Morgan fingerprint density at radius 2 is 1.38 bits per heavy atom. The Bertz CT molecular complexity index is 300. The van der Waals surface area contributed by atoms with E-state index in [0.29, 0.717) is 6.61 Å². The van der Waals surface area contributed by atoms with Crippen LogP contribution in [0.1, 0.15) is 91.9 Å². The van der Waals surface area contributed by atoms with E-state index < -0.39 is 0 Å². The topological polar surface area (TPSA) is 41.6 Å². The fraction of sp³-hybridized carbons (Fsp3) is 0.952. The lowest BCUT2D eigenvalue weighted by Gasteiger charge is -2.19. The van der Waals surface area contributed by atoms with Crippen molar-refractivity contribution >= 4 is 18.4 Å². The largest absolute Gasteiger partial charge is 0.465 e. The highest BCUT2D eigenvalue weighted by atomic mass is 35.5. The van der Waals surface area contributed by atoms with Gasteiger partial charge in [-0.1, -0.05) is 78.6 Å². The minimum atomic E-state index is -0.210. The molecule has 0 rings (SSSR count). The van der Waals surface area contributed by atoms with Gasteiger partial charge in [0.05, 0.1) is 6.61 Å². The molecule has 0 radical (unpaired) electrons. The van der Waals surface area contributed by atoms with Crippen LogP contribution in [-0.2, 0) is 9.53 Å². The van der Waals surface area contributed by atoms with E-state index >= 15 is 0 Å². The molecule has 0 aromatic carbocycles. The minimum absolute atomic E-state index is 0. The number of hydrogen-bond acceptors (Lipinski definition) is 4. The van der Waals surface area contributed by atoms with Crippen LogP contribution in [0.15, 0.2) is 0 Å². The summed E-state index contributed by atoms with van der Waals surface area (Å²) in [6, 6.07) is -0.210. The Kier molecular flexibility index (Phi) is 22.5. The summed E-state index contributed by atoms with van der Waals surface area (Å²) in [5.41, 5.74) is 0. The Labute approximate surface area is 169 Å². The Hall–Kier alpha value is -0.320. The molecule has 1 unspecified atom stereocenters. The molecule has 0 bridgehead atoms. The van der Waals surface area contributed by atoms with Gasteiger partial charge in [-0.2, -0.15) is 0 Å². The van der Waals surface area contributed by atoms with Crippen molar-refractivity contribution in [2.75, 3.05) is 32.8 Å². The monoisotopic (exact) mass is 392 g/mol. The van der Waals surface area contributed by atoms with Gasteiger partial charge >= 0.3 is 5.97 Å². The van der Waals surface area contributed by atoms with Crippen LogP contribution in [0.4, 0.5) is 0 Å². The highest BCUT2D eigenvalue weighted by Crippen LogP contribution is 2.10. The molecule has 1 N–H and O–H groups in total. The van der Waals surface area contributed by atoms with Crippen molar-refractivity contribution in [1.82, 2.24) is 10.2 Å². The molecular formula is C21H45ClN2O2. The van der Waals surface area contributed by atoms with E-state index in [1.165, 1.54) is 57.8 Å². The first-order chi connectivity index (χ1) is 12.2. The average Bonchev–Trinajstić information content (AvgIpc) is 2.62. The highest BCUT2D eigenvalue weighted by molar-refractivity contribution is 5.85. The van der Waals surface area contributed by atoms with Crippen LogP contribution in [0.5, 0.6) is 0 Å². The lowest BCUT2D eigenvalue weighted by molar-refractivity contribution is -0.145. The van der Waals surface area contributed by atoms with E-state index in [9.17, 15) is 4.79 Å². The molecule has 0 spiro atoms. The number of hydrogen-bond donors (Lipinski definition) is 1. The molecule has 1 atom stereocenters. The van der Waals surface area contributed by atoms with Gasteiger partial charge in [-0.3, -0.25) is 4.79 Å². The third-order valence-electron chi connectivity index (χ3n) is 4.87. The van der Waals surface area contributed by atoms with Gasteiger partial charge in [0.25, 0.3) is 0 Å². The number of esters is 1. The standard InChI is InChI=1S/C21H44N2O2.ClH/c1-5-8-9-10-11-12-13-14-15-16-19-25-21(24)20(4)22-17-18-23(6-2)7-3;/h20,22H,5-19H2,1-4H3;1H. The smallest absolute Gasteiger partial charge is 0.322 e. The molecule has 5 heteroatoms. The first-order valence-corrected chi connectivity index (χ1v) is 10.8. The normalized spacial score (nSPS) is 12.0. The number of ether oxygens (including phenoxy) is 1. The molecule has 0 aromatic rings. The van der Waals surface area contributed by atoms with Crippen molar-refractivity contribution in [1.29, 1.82) is 0 Å². The van der Waals surface area contributed by atoms with Crippen LogP contribution in [0, 0.1) is 0 Å². The predicted molar refractivity (Wildman–Crippen MR) is 115 cm³/mol. The number of carbonyl (C=O) groups is 1. The van der Waals surface area contributed by atoms with E-state index in [1.54, 1.807) is 0 Å². The minimum Gasteiger partial charge on any atom is -0.465 e. The molecule has 0 heterocycles. The van der Waals surface area contributed by atoms with E-state index in [0.717, 1.165) is 32.6 Å². The number of carbonyl (C=O) groups excluding carboxylic acids is 1. The summed E-state index contributed by atoms with van der Waals surface area (Å²) < 4.78 is 5.37. The van der Waals surface area contributed by atoms with Crippen molar-refractivity contribution < 1.29 is 9.53 Å². The van der Waals surface area contributed by atoms with Gasteiger partial charge in [-0.25, -0.2) is 0 Å². The van der Waals surface area contributed by atoms with E-state index in [-0.39, 0.29) is 24.4 Å². The van der Waals surface area contributed by atoms with Crippen molar-refractivity contribution in [3.63, 3.8) is 0 Å². The number of halogens is 1. The van der Waals surface area contributed by atoms with E-state index in [2.05, 4.69) is 31.0 Å². The summed E-state index contributed by atoms with van der Waals surface area (Å²) in [6.07, 6.45) is 13.0. The fourth-order valence-electron chi connectivity index (χ4n) is 2.95. The van der Waals surface area contributed by atoms with Crippen LogP contribution < -0.4 is 5.32 Å². The van der Waals surface area contributed by atoms with Gasteiger partial charge in [0.2, 0.25) is 0 Å². The maximum atomic E-state index is 11.9. The second-order valence-electron chi connectivity index (χ2n) is 7.05. The molecule has 0 saturated carbocycles. The summed E-state index contributed by atoms with van der Waals surface area (Å²) >= 11 is 0. The lowest BCUT2D eigenvalue weighted by Crippen LogP contribution is -2.40. The maximum absolute atomic E-state index is 11.9. The van der Waals surface area contributed by atoms with Crippen molar-refractivity contribution in [3.8, 4) is 0 Å². The Morgan fingerprint density at radius 1 is 0.885 bits per heavy atom. The van der Waals surface area contributed by atoms with Gasteiger partial charge in [0.15, 0.2) is 0 Å². The molecule has 0 aromatic heterocycles. The number of likely N-dealkylation sites (N-methyl/N-ethyl adjacent to an activating group) is 1. The van der Waals surface area contributed by atoms with Gasteiger partial charge < -0.3 is 15.0 Å². The second kappa shape index (κ2) is 21.0. The van der Waals surface area contributed by atoms with Crippen LogP contribution in [0.2, 0.25) is 0 Å². The Morgan fingerprint density at radius 3 is 1.88 bits per heavy atom. The summed E-state index contributed by atoms with van der Waals surface area (Å²) in [6.45, 7) is 12.9. The number of nitrogens with one attached hydrogen (secondary N) is 1. The third kappa shape index (κ3) is 17.1. The summed E-state index contributed by atoms with van der Waals surface area (Å²) in [4.78, 5) is 14.3. The van der Waals surface area contributed by atoms with Crippen molar-refractivity contribution in [3.05, 3.63) is 0 Å². The maximum Gasteiger partial charge on any atom is 0.322 e. The molecule has 4 nitrogen and oxygen atoms in total. The SMILES string of the molecule is CCCCCCCCCCCCOC(=O)C(C)NCCN(CC)CC.Cl. The predicted octanol–water partition coefficient (Wildman–Crippen LogP) is 5.19. The second-order valence-corrected chi connectivity index (χ2v) is 7.05. The molecular weight excluding hydrogens is 348 g/mol. The average molecular weight is 393 g/mol. The number of nitrogens with zero attached hydrogens (tertiary/aromatic N) is 1. The van der Waals surface area contributed by atoms with Gasteiger partial charge in [-0.05, 0) is 26.4 Å². The summed E-state index contributed by atoms with van der Waals surface area (Å²) in [5, 5.41) is 3.25.